The Morgan fingerprint density at radius 2 is 2.27 bits per heavy atom. The molecule has 1 aromatic rings. The molecule has 0 aliphatic carbocycles. The zero-order valence-electron chi connectivity index (χ0n) is 8.84. The Morgan fingerprint density at radius 3 is 2.73 bits per heavy atom. The van der Waals surface area contributed by atoms with Gasteiger partial charge in [-0.25, -0.2) is 0 Å². The van der Waals surface area contributed by atoms with Crippen LogP contribution in [-0.2, 0) is 11.3 Å². The summed E-state index contributed by atoms with van der Waals surface area (Å²) in [7, 11) is 0. The van der Waals surface area contributed by atoms with E-state index in [-0.39, 0.29) is 5.91 Å². The maximum Gasteiger partial charge on any atom is 0.224 e. The van der Waals surface area contributed by atoms with Gasteiger partial charge in [0.2, 0.25) is 5.91 Å². The zero-order chi connectivity index (χ0) is 11.5. The summed E-state index contributed by atoms with van der Waals surface area (Å²) in [6, 6.07) is 3.46. The lowest BCUT2D eigenvalue weighted by atomic mass is 9.93. The minimum absolute atomic E-state index is 0.326. The Kier molecular flexibility index (Phi) is 3.77. The van der Waals surface area contributed by atoms with E-state index in [9.17, 15) is 4.79 Å². The Bertz CT molecular complexity index is 347. The molecule has 1 rings (SSSR count). The maximum absolute atomic E-state index is 11.0. The molecule has 0 radical (unpaired) electrons. The van der Waals surface area contributed by atoms with Gasteiger partial charge >= 0.3 is 0 Å². The van der Waals surface area contributed by atoms with Crippen LogP contribution >= 0.6 is 11.6 Å². The number of rotatable bonds is 5. The predicted octanol–water partition coefficient (Wildman–Crippen LogP) is 1.53. The van der Waals surface area contributed by atoms with Crippen molar-refractivity contribution in [2.24, 2.45) is 11.1 Å². The SMILES string of the molecule is CC(C)(CNCc1ccc(Cl)o1)C(N)=O. The maximum atomic E-state index is 11.0. The number of nitrogens with two attached hydrogens (primary N) is 1. The first-order valence-electron chi connectivity index (χ1n) is 4.66. The molecule has 3 N–H and O–H groups in total. The summed E-state index contributed by atoms with van der Waals surface area (Å²) in [5.74, 6) is 0.410. The van der Waals surface area contributed by atoms with Crippen LogP contribution in [0.5, 0.6) is 0 Å². The third-order valence-corrected chi connectivity index (χ3v) is 2.37. The van der Waals surface area contributed by atoms with Gasteiger partial charge in [-0.15, -0.1) is 0 Å². The van der Waals surface area contributed by atoms with Gasteiger partial charge in [0.25, 0.3) is 0 Å². The van der Waals surface area contributed by atoms with E-state index < -0.39 is 5.41 Å². The Morgan fingerprint density at radius 1 is 1.60 bits per heavy atom. The van der Waals surface area contributed by atoms with E-state index >= 15 is 0 Å². The minimum Gasteiger partial charge on any atom is -0.448 e. The van der Waals surface area contributed by atoms with Gasteiger partial charge in [-0.2, -0.15) is 0 Å². The molecule has 1 heterocycles. The van der Waals surface area contributed by atoms with Crippen LogP contribution in [0.4, 0.5) is 0 Å². The monoisotopic (exact) mass is 230 g/mol. The summed E-state index contributed by atoms with van der Waals surface area (Å²) in [5, 5.41) is 3.45. The minimum atomic E-state index is -0.559. The van der Waals surface area contributed by atoms with Gasteiger partial charge in [0.1, 0.15) is 5.76 Å². The van der Waals surface area contributed by atoms with Gasteiger partial charge in [0.15, 0.2) is 5.22 Å². The highest BCUT2D eigenvalue weighted by molar-refractivity contribution is 6.28. The molecule has 5 heteroatoms. The zero-order valence-corrected chi connectivity index (χ0v) is 9.60. The second-order valence-electron chi connectivity index (χ2n) is 4.06. The normalized spacial score (nSPS) is 11.7. The smallest absolute Gasteiger partial charge is 0.224 e. The van der Waals surface area contributed by atoms with Crippen molar-refractivity contribution in [1.82, 2.24) is 5.32 Å². The topological polar surface area (TPSA) is 68.3 Å². The van der Waals surface area contributed by atoms with Crippen LogP contribution in [0.1, 0.15) is 19.6 Å². The lowest BCUT2D eigenvalue weighted by Gasteiger charge is -2.20. The first kappa shape index (κ1) is 12.1. The molecule has 0 atom stereocenters. The van der Waals surface area contributed by atoms with Crippen LogP contribution in [0, 0.1) is 5.41 Å². The molecule has 0 saturated carbocycles. The number of primary amides is 1. The van der Waals surface area contributed by atoms with Crippen LogP contribution in [-0.4, -0.2) is 12.5 Å². The van der Waals surface area contributed by atoms with Gasteiger partial charge in [-0.1, -0.05) is 0 Å². The van der Waals surface area contributed by atoms with Crippen molar-refractivity contribution in [3.8, 4) is 0 Å². The van der Waals surface area contributed by atoms with E-state index in [1.165, 1.54) is 0 Å². The Balaban J connectivity index is 2.36. The summed E-state index contributed by atoms with van der Waals surface area (Å²) in [5.41, 5.74) is 4.67. The summed E-state index contributed by atoms with van der Waals surface area (Å²) in [6.07, 6.45) is 0. The van der Waals surface area contributed by atoms with E-state index in [2.05, 4.69) is 5.32 Å². The van der Waals surface area contributed by atoms with Gasteiger partial charge in [0.05, 0.1) is 12.0 Å². The third kappa shape index (κ3) is 3.57. The van der Waals surface area contributed by atoms with Gasteiger partial charge < -0.3 is 15.5 Å². The van der Waals surface area contributed by atoms with Crippen LogP contribution < -0.4 is 11.1 Å². The van der Waals surface area contributed by atoms with Crippen LogP contribution in [0.3, 0.4) is 0 Å². The van der Waals surface area contributed by atoms with Crippen molar-refractivity contribution in [1.29, 1.82) is 0 Å². The molecular weight excluding hydrogens is 216 g/mol. The van der Waals surface area contributed by atoms with Crippen LogP contribution in [0.25, 0.3) is 0 Å². The van der Waals surface area contributed by atoms with Crippen LogP contribution in [0.15, 0.2) is 16.5 Å². The van der Waals surface area contributed by atoms with Crippen molar-refractivity contribution in [2.75, 3.05) is 6.54 Å². The highest BCUT2D eigenvalue weighted by Crippen LogP contribution is 2.14. The number of nitrogens with one attached hydrogen (secondary N) is 1. The molecule has 4 nitrogen and oxygen atoms in total. The first-order valence-corrected chi connectivity index (χ1v) is 5.04. The summed E-state index contributed by atoms with van der Waals surface area (Å²) in [6.45, 7) is 4.61. The number of hydrogen-bond donors (Lipinski definition) is 2. The van der Waals surface area contributed by atoms with Crippen molar-refractivity contribution in [3.05, 3.63) is 23.1 Å². The molecule has 0 aromatic carbocycles. The number of carbonyl (C=O) groups excluding carboxylic acids is 1. The lowest BCUT2D eigenvalue weighted by molar-refractivity contribution is -0.125. The second kappa shape index (κ2) is 4.68. The molecule has 0 unspecified atom stereocenters. The first-order chi connectivity index (χ1) is 6.92. The average molecular weight is 231 g/mol. The number of furan rings is 1. The van der Waals surface area contributed by atoms with E-state index in [0.717, 1.165) is 5.76 Å². The molecule has 1 aromatic heterocycles. The summed E-state index contributed by atoms with van der Waals surface area (Å²) in [4.78, 5) is 11.0. The fraction of sp³-hybridized carbons (Fsp3) is 0.500. The van der Waals surface area contributed by atoms with E-state index in [4.69, 9.17) is 21.8 Å². The molecule has 0 spiro atoms. The fourth-order valence-corrected chi connectivity index (χ4v) is 1.19. The molecule has 0 aliphatic rings. The molecule has 84 valence electrons. The number of hydrogen-bond acceptors (Lipinski definition) is 3. The number of amides is 1. The molecule has 1 amide bonds. The van der Waals surface area contributed by atoms with Gasteiger partial charge in [0, 0.05) is 6.54 Å². The van der Waals surface area contributed by atoms with Crippen LogP contribution in [0.2, 0.25) is 5.22 Å². The number of carbonyl (C=O) groups is 1. The fourth-order valence-electron chi connectivity index (χ4n) is 1.03. The molecular formula is C10H15ClN2O2. The Hall–Kier alpha value is -1.00. The predicted molar refractivity (Wildman–Crippen MR) is 58.4 cm³/mol. The lowest BCUT2D eigenvalue weighted by Crippen LogP contribution is -2.40. The molecule has 15 heavy (non-hydrogen) atoms. The highest BCUT2D eigenvalue weighted by Gasteiger charge is 2.24. The molecule has 0 bridgehead atoms. The van der Waals surface area contributed by atoms with Crippen molar-refractivity contribution in [3.63, 3.8) is 0 Å². The summed E-state index contributed by atoms with van der Waals surface area (Å²) >= 11 is 5.61. The molecule has 0 fully saturated rings. The molecule has 0 aliphatic heterocycles. The van der Waals surface area contributed by atoms with E-state index in [1.54, 1.807) is 26.0 Å². The summed E-state index contributed by atoms with van der Waals surface area (Å²) < 4.78 is 5.15. The largest absolute Gasteiger partial charge is 0.448 e. The Labute approximate surface area is 93.8 Å². The molecule has 0 saturated heterocycles. The van der Waals surface area contributed by atoms with Gasteiger partial charge in [-0.3, -0.25) is 4.79 Å². The van der Waals surface area contributed by atoms with Crippen molar-refractivity contribution >= 4 is 17.5 Å². The second-order valence-corrected chi connectivity index (χ2v) is 4.43. The standard InChI is InChI=1S/C10H15ClN2O2/c1-10(2,9(12)14)6-13-5-7-3-4-8(11)15-7/h3-4,13H,5-6H2,1-2H3,(H2,12,14). The van der Waals surface area contributed by atoms with E-state index in [1.807, 2.05) is 0 Å². The quantitative estimate of drug-likeness (QED) is 0.806. The number of halogens is 1. The van der Waals surface area contributed by atoms with Crippen molar-refractivity contribution in [2.45, 2.75) is 20.4 Å². The van der Waals surface area contributed by atoms with Gasteiger partial charge in [-0.05, 0) is 37.6 Å². The average Bonchev–Trinajstić information content (AvgIpc) is 2.51. The highest BCUT2D eigenvalue weighted by atomic mass is 35.5. The van der Waals surface area contributed by atoms with Crippen molar-refractivity contribution < 1.29 is 9.21 Å². The third-order valence-electron chi connectivity index (χ3n) is 2.16. The van der Waals surface area contributed by atoms with E-state index in [0.29, 0.717) is 18.3 Å².